The molecular formula is C9H16NOP. The third-order valence-electron chi connectivity index (χ3n) is 1.72. The van der Waals surface area contributed by atoms with Crippen molar-refractivity contribution in [1.29, 1.82) is 5.26 Å². The molecule has 12 heavy (non-hydrogen) atoms. The lowest BCUT2D eigenvalue weighted by molar-refractivity contribution is 0.575. The van der Waals surface area contributed by atoms with Gasteiger partial charge in [0.25, 0.3) is 0 Å². The molecule has 1 unspecified atom stereocenters. The maximum Gasteiger partial charge on any atom is 0.0923 e. The van der Waals surface area contributed by atoms with Gasteiger partial charge in [-0.3, -0.25) is 0 Å². The number of hydrogen-bond acceptors (Lipinski definition) is 2. The Morgan fingerprint density at radius 3 is 2.67 bits per heavy atom. The zero-order valence-corrected chi connectivity index (χ0v) is 8.52. The van der Waals surface area contributed by atoms with Gasteiger partial charge in [-0.1, -0.05) is 13.0 Å². The van der Waals surface area contributed by atoms with Crippen LogP contribution in [0.4, 0.5) is 0 Å². The number of nitrogens with zero attached hydrogens (tertiary/aromatic N) is 1. The first-order valence-corrected chi connectivity index (χ1v) is 6.49. The van der Waals surface area contributed by atoms with Gasteiger partial charge in [0.15, 0.2) is 0 Å². The third-order valence-corrected chi connectivity index (χ3v) is 4.95. The van der Waals surface area contributed by atoms with Crippen molar-refractivity contribution >= 4 is 7.14 Å². The molecule has 0 aliphatic rings. The summed E-state index contributed by atoms with van der Waals surface area (Å²) >= 11 is 0. The van der Waals surface area contributed by atoms with E-state index < -0.39 is 7.14 Å². The molecule has 0 aliphatic heterocycles. The summed E-state index contributed by atoms with van der Waals surface area (Å²) in [5, 5.41) is 8.37. The van der Waals surface area contributed by atoms with E-state index in [1.165, 1.54) is 0 Å². The van der Waals surface area contributed by atoms with Gasteiger partial charge in [-0.2, -0.15) is 5.26 Å². The van der Waals surface area contributed by atoms with E-state index in [-0.39, 0.29) is 0 Å². The Bertz CT molecular complexity index is 217. The van der Waals surface area contributed by atoms with Gasteiger partial charge in [0.05, 0.1) is 13.2 Å². The normalized spacial score (nSPS) is 14.7. The lowest BCUT2D eigenvalue weighted by atomic mass is 10.6. The molecule has 2 nitrogen and oxygen atoms in total. The van der Waals surface area contributed by atoms with Crippen molar-refractivity contribution in [3.8, 4) is 6.07 Å². The maximum atomic E-state index is 11.9. The Morgan fingerprint density at radius 1 is 1.58 bits per heavy atom. The van der Waals surface area contributed by atoms with Crippen LogP contribution in [0.25, 0.3) is 0 Å². The highest BCUT2D eigenvalue weighted by atomic mass is 31.2. The fourth-order valence-corrected chi connectivity index (χ4v) is 3.57. The molecule has 0 amide bonds. The highest BCUT2D eigenvalue weighted by Gasteiger charge is 2.17. The van der Waals surface area contributed by atoms with Crippen LogP contribution in [-0.2, 0) is 4.57 Å². The minimum absolute atomic E-state index is 0.408. The Morgan fingerprint density at radius 2 is 2.25 bits per heavy atom. The Kier molecular flexibility index (Phi) is 5.76. The second kappa shape index (κ2) is 6.03. The van der Waals surface area contributed by atoms with Crippen LogP contribution in [0.15, 0.2) is 12.7 Å². The molecular weight excluding hydrogens is 169 g/mol. The first kappa shape index (κ1) is 11.5. The van der Waals surface area contributed by atoms with Crippen molar-refractivity contribution in [2.24, 2.45) is 0 Å². The Hall–Kier alpha value is -0.540. The van der Waals surface area contributed by atoms with Crippen molar-refractivity contribution in [1.82, 2.24) is 0 Å². The van der Waals surface area contributed by atoms with Gasteiger partial charge < -0.3 is 4.57 Å². The lowest BCUT2D eigenvalue weighted by Gasteiger charge is -2.13. The van der Waals surface area contributed by atoms with E-state index in [9.17, 15) is 4.57 Å². The predicted molar refractivity (Wildman–Crippen MR) is 52.9 cm³/mol. The molecule has 0 aromatic carbocycles. The van der Waals surface area contributed by atoms with Crippen molar-refractivity contribution < 1.29 is 4.57 Å². The van der Waals surface area contributed by atoms with Crippen LogP contribution in [-0.4, -0.2) is 18.5 Å². The molecule has 0 saturated carbocycles. The quantitative estimate of drug-likeness (QED) is 0.471. The van der Waals surface area contributed by atoms with E-state index in [1.807, 2.05) is 13.0 Å². The van der Waals surface area contributed by atoms with Crippen LogP contribution in [0, 0.1) is 11.3 Å². The largest absolute Gasteiger partial charge is 0.323 e. The minimum atomic E-state index is -2.08. The van der Waals surface area contributed by atoms with Crippen molar-refractivity contribution in [3.05, 3.63) is 12.7 Å². The average Bonchev–Trinajstić information content (AvgIpc) is 2.02. The molecule has 0 aliphatic carbocycles. The second-order valence-electron chi connectivity index (χ2n) is 2.88. The summed E-state index contributed by atoms with van der Waals surface area (Å²) in [6, 6.07) is 2.03. The van der Waals surface area contributed by atoms with E-state index in [4.69, 9.17) is 5.26 Å². The number of hydrogen-bond donors (Lipinski definition) is 0. The van der Waals surface area contributed by atoms with Crippen molar-refractivity contribution in [2.45, 2.75) is 19.8 Å². The van der Waals surface area contributed by atoms with Gasteiger partial charge >= 0.3 is 0 Å². The molecule has 0 N–H and O–H groups in total. The van der Waals surface area contributed by atoms with E-state index in [2.05, 4.69) is 6.58 Å². The summed E-state index contributed by atoms with van der Waals surface area (Å²) in [5.74, 6) is 0. The number of allylic oxidation sites excluding steroid dienone is 1. The van der Waals surface area contributed by atoms with Gasteiger partial charge in [0.1, 0.15) is 0 Å². The van der Waals surface area contributed by atoms with Crippen molar-refractivity contribution in [3.63, 3.8) is 0 Å². The van der Waals surface area contributed by atoms with Gasteiger partial charge in [-0.25, -0.2) is 0 Å². The zero-order chi connectivity index (χ0) is 9.45. The van der Waals surface area contributed by atoms with Gasteiger partial charge in [-0.05, 0) is 6.42 Å². The topological polar surface area (TPSA) is 40.9 Å². The van der Waals surface area contributed by atoms with Crippen LogP contribution in [0.2, 0.25) is 0 Å². The zero-order valence-electron chi connectivity index (χ0n) is 7.62. The molecule has 3 heteroatoms. The molecule has 0 fully saturated rings. The third kappa shape index (κ3) is 4.36. The molecule has 0 aromatic rings. The molecule has 0 rings (SSSR count). The molecule has 1 atom stereocenters. The Labute approximate surface area is 74.7 Å². The fraction of sp³-hybridized carbons (Fsp3) is 0.667. The lowest BCUT2D eigenvalue weighted by Crippen LogP contribution is -1.97. The summed E-state index contributed by atoms with van der Waals surface area (Å²) in [7, 11) is -2.08. The summed E-state index contributed by atoms with van der Waals surface area (Å²) in [4.78, 5) is 0. The van der Waals surface area contributed by atoms with E-state index in [0.29, 0.717) is 18.7 Å². The van der Waals surface area contributed by atoms with E-state index >= 15 is 0 Å². The monoisotopic (exact) mass is 185 g/mol. The van der Waals surface area contributed by atoms with Crippen LogP contribution in [0.3, 0.4) is 0 Å². The molecule has 0 spiro atoms. The fourth-order valence-electron chi connectivity index (χ4n) is 1.19. The summed E-state index contributed by atoms with van der Waals surface area (Å²) in [6.45, 7) is 5.60. The van der Waals surface area contributed by atoms with Crippen LogP contribution in [0.1, 0.15) is 19.8 Å². The van der Waals surface area contributed by atoms with Crippen LogP contribution < -0.4 is 0 Å². The van der Waals surface area contributed by atoms with Crippen LogP contribution in [0.5, 0.6) is 0 Å². The summed E-state index contributed by atoms with van der Waals surface area (Å²) in [6.07, 6.45) is 4.93. The molecule has 0 heterocycles. The van der Waals surface area contributed by atoms with E-state index in [0.717, 1.165) is 12.6 Å². The van der Waals surface area contributed by atoms with Gasteiger partial charge in [-0.15, -0.1) is 6.58 Å². The minimum Gasteiger partial charge on any atom is -0.323 e. The van der Waals surface area contributed by atoms with Crippen LogP contribution >= 0.6 is 7.14 Å². The van der Waals surface area contributed by atoms with Crippen molar-refractivity contribution in [2.75, 3.05) is 18.5 Å². The average molecular weight is 185 g/mol. The molecule has 0 aromatic heterocycles. The smallest absolute Gasteiger partial charge is 0.0923 e. The highest BCUT2D eigenvalue weighted by Crippen LogP contribution is 2.46. The summed E-state index contributed by atoms with van der Waals surface area (Å²) < 4.78 is 11.9. The van der Waals surface area contributed by atoms with Gasteiger partial charge in [0.2, 0.25) is 0 Å². The molecule has 0 bridgehead atoms. The first-order valence-electron chi connectivity index (χ1n) is 4.23. The second-order valence-corrected chi connectivity index (χ2v) is 6.26. The molecule has 68 valence electrons. The molecule has 0 radical (unpaired) electrons. The Balaban J connectivity index is 4.09. The first-order chi connectivity index (χ1) is 5.68. The van der Waals surface area contributed by atoms with E-state index in [1.54, 1.807) is 6.08 Å². The predicted octanol–water partition coefficient (Wildman–Crippen LogP) is 2.86. The SMILES string of the molecule is C=CCP(=O)(CCC)CCC#N. The summed E-state index contributed by atoms with van der Waals surface area (Å²) in [5.41, 5.74) is 0. The van der Waals surface area contributed by atoms with Gasteiger partial charge in [0, 0.05) is 24.9 Å². The maximum absolute atomic E-state index is 11.9. The highest BCUT2D eigenvalue weighted by molar-refractivity contribution is 7.64. The standard InChI is InChI=1S/C9H16NOP/c1-3-7-12(11,8-4-2)9-5-6-10/h3H,1,4-5,7-9H2,2H3. The number of nitriles is 1. The number of rotatable bonds is 6. The molecule has 0 saturated heterocycles.